The molecule has 0 aromatic heterocycles. The fourth-order valence-electron chi connectivity index (χ4n) is 4.44. The maximum atomic E-state index is 12.9. The molecule has 144 valence electrons. The standard InChI is InChI=1S/C22H28N2O3/c1-21(2,3)27-20(25)24-14-8-13-22(24)12-7-11-17(22)19-23-18(15-26-19)16-9-5-4-6-10-16/h4-6,9-11,18H,7-8,12-15H2,1-3H3/t18-,22-/m0/s1. The number of amides is 1. The summed E-state index contributed by atoms with van der Waals surface area (Å²) < 4.78 is 11.7. The summed E-state index contributed by atoms with van der Waals surface area (Å²) in [5.41, 5.74) is 1.41. The summed E-state index contributed by atoms with van der Waals surface area (Å²) in [6.07, 6.45) is 5.75. The lowest BCUT2D eigenvalue weighted by Gasteiger charge is -2.38. The van der Waals surface area contributed by atoms with E-state index in [-0.39, 0.29) is 17.7 Å². The van der Waals surface area contributed by atoms with Crippen molar-refractivity contribution in [3.05, 3.63) is 47.5 Å². The third kappa shape index (κ3) is 3.35. The molecule has 5 heteroatoms. The second-order valence-electron chi connectivity index (χ2n) is 8.60. The van der Waals surface area contributed by atoms with Gasteiger partial charge >= 0.3 is 6.09 Å². The van der Waals surface area contributed by atoms with E-state index in [2.05, 4.69) is 18.2 Å². The van der Waals surface area contributed by atoms with E-state index in [0.29, 0.717) is 12.5 Å². The molecule has 0 saturated carbocycles. The van der Waals surface area contributed by atoms with Crippen LogP contribution in [-0.4, -0.2) is 41.2 Å². The van der Waals surface area contributed by atoms with E-state index >= 15 is 0 Å². The largest absolute Gasteiger partial charge is 0.475 e. The van der Waals surface area contributed by atoms with E-state index in [9.17, 15) is 4.79 Å². The molecule has 2 aliphatic heterocycles. The first-order chi connectivity index (χ1) is 12.9. The van der Waals surface area contributed by atoms with Gasteiger partial charge in [-0.2, -0.15) is 0 Å². The van der Waals surface area contributed by atoms with Crippen molar-refractivity contribution in [1.82, 2.24) is 4.90 Å². The highest BCUT2D eigenvalue weighted by atomic mass is 16.6. The zero-order chi connectivity index (χ0) is 19.1. The molecule has 1 aromatic carbocycles. The second-order valence-corrected chi connectivity index (χ2v) is 8.60. The van der Waals surface area contributed by atoms with Gasteiger partial charge in [-0.05, 0) is 52.0 Å². The van der Waals surface area contributed by atoms with E-state index in [1.165, 1.54) is 0 Å². The molecule has 2 heterocycles. The molecule has 1 spiro atoms. The van der Waals surface area contributed by atoms with Crippen LogP contribution in [0.3, 0.4) is 0 Å². The molecular formula is C22H28N2O3. The van der Waals surface area contributed by atoms with Gasteiger partial charge in [0.15, 0.2) is 0 Å². The predicted octanol–water partition coefficient (Wildman–Crippen LogP) is 4.65. The zero-order valence-electron chi connectivity index (χ0n) is 16.4. The van der Waals surface area contributed by atoms with Gasteiger partial charge in [-0.15, -0.1) is 0 Å². The predicted molar refractivity (Wildman–Crippen MR) is 105 cm³/mol. The van der Waals surface area contributed by atoms with Gasteiger partial charge in [0.1, 0.15) is 18.2 Å². The third-order valence-corrected chi connectivity index (χ3v) is 5.58. The molecule has 0 unspecified atom stereocenters. The molecular weight excluding hydrogens is 340 g/mol. The highest BCUT2D eigenvalue weighted by molar-refractivity contribution is 5.98. The lowest BCUT2D eigenvalue weighted by atomic mass is 9.88. The molecule has 1 aromatic rings. The van der Waals surface area contributed by atoms with Gasteiger partial charge in [0.25, 0.3) is 0 Å². The van der Waals surface area contributed by atoms with Crippen LogP contribution in [0.1, 0.15) is 58.1 Å². The molecule has 1 aliphatic carbocycles. The van der Waals surface area contributed by atoms with Crippen molar-refractivity contribution < 1.29 is 14.3 Å². The van der Waals surface area contributed by atoms with E-state index in [0.717, 1.165) is 43.4 Å². The second kappa shape index (κ2) is 6.70. The number of carbonyl (C=O) groups is 1. The Morgan fingerprint density at radius 1 is 1.26 bits per heavy atom. The average Bonchev–Trinajstić information content (AvgIpc) is 3.35. The SMILES string of the molecule is CC(C)(C)OC(=O)N1CCC[C@]12CCC=C2C1=N[C@H](c2ccccc2)CO1. The molecule has 1 saturated heterocycles. The van der Waals surface area contributed by atoms with Crippen LogP contribution in [0.25, 0.3) is 0 Å². The van der Waals surface area contributed by atoms with Crippen molar-refractivity contribution in [1.29, 1.82) is 0 Å². The fraction of sp³-hybridized carbons (Fsp3) is 0.545. The summed E-state index contributed by atoms with van der Waals surface area (Å²) in [5, 5.41) is 0. The Morgan fingerprint density at radius 2 is 2.04 bits per heavy atom. The number of benzene rings is 1. The van der Waals surface area contributed by atoms with Crippen molar-refractivity contribution in [3.8, 4) is 0 Å². The first-order valence-corrected chi connectivity index (χ1v) is 9.86. The number of ether oxygens (including phenoxy) is 2. The Morgan fingerprint density at radius 3 is 2.78 bits per heavy atom. The summed E-state index contributed by atoms with van der Waals surface area (Å²) in [6.45, 7) is 7.01. The number of hydrogen-bond donors (Lipinski definition) is 0. The van der Waals surface area contributed by atoms with Crippen molar-refractivity contribution in [2.45, 2.75) is 63.6 Å². The Balaban J connectivity index is 1.59. The van der Waals surface area contributed by atoms with Gasteiger partial charge in [-0.3, -0.25) is 4.90 Å². The lowest BCUT2D eigenvalue weighted by molar-refractivity contribution is 0.0138. The highest BCUT2D eigenvalue weighted by Crippen LogP contribution is 2.46. The number of carbonyl (C=O) groups excluding carboxylic acids is 1. The zero-order valence-corrected chi connectivity index (χ0v) is 16.4. The minimum atomic E-state index is -0.497. The van der Waals surface area contributed by atoms with Crippen LogP contribution in [0, 0.1) is 0 Å². The van der Waals surface area contributed by atoms with E-state index in [1.54, 1.807) is 0 Å². The minimum Gasteiger partial charge on any atom is -0.475 e. The number of aliphatic imine (C=N–C) groups is 1. The molecule has 27 heavy (non-hydrogen) atoms. The molecule has 0 radical (unpaired) electrons. The minimum absolute atomic E-state index is 0.0242. The quantitative estimate of drug-likeness (QED) is 0.764. The van der Waals surface area contributed by atoms with Gasteiger partial charge < -0.3 is 9.47 Å². The Bertz CT molecular complexity index is 778. The number of nitrogens with zero attached hydrogens (tertiary/aromatic N) is 2. The topological polar surface area (TPSA) is 51.1 Å². The van der Waals surface area contributed by atoms with Crippen molar-refractivity contribution in [2.75, 3.05) is 13.2 Å². The molecule has 5 nitrogen and oxygen atoms in total. The van der Waals surface area contributed by atoms with Crippen LogP contribution in [0.2, 0.25) is 0 Å². The van der Waals surface area contributed by atoms with Crippen LogP contribution < -0.4 is 0 Å². The Labute approximate surface area is 161 Å². The highest BCUT2D eigenvalue weighted by Gasteiger charge is 2.51. The Hall–Kier alpha value is -2.30. The molecule has 0 bridgehead atoms. The maximum Gasteiger partial charge on any atom is 0.411 e. The van der Waals surface area contributed by atoms with E-state index in [1.807, 2.05) is 43.9 Å². The van der Waals surface area contributed by atoms with Gasteiger partial charge in [0.2, 0.25) is 5.90 Å². The first kappa shape index (κ1) is 18.1. The number of rotatable bonds is 2. The normalized spacial score (nSPS) is 27.5. The van der Waals surface area contributed by atoms with E-state index < -0.39 is 5.60 Å². The molecule has 2 atom stereocenters. The van der Waals surface area contributed by atoms with Crippen molar-refractivity contribution >= 4 is 12.0 Å². The summed E-state index contributed by atoms with van der Waals surface area (Å²) in [7, 11) is 0. The fourth-order valence-corrected chi connectivity index (χ4v) is 4.44. The summed E-state index contributed by atoms with van der Waals surface area (Å²) >= 11 is 0. The molecule has 1 amide bonds. The Kier molecular flexibility index (Phi) is 4.49. The van der Waals surface area contributed by atoms with Crippen molar-refractivity contribution in [2.24, 2.45) is 4.99 Å². The van der Waals surface area contributed by atoms with Gasteiger partial charge in [-0.25, -0.2) is 9.79 Å². The van der Waals surface area contributed by atoms with Crippen LogP contribution in [0.4, 0.5) is 4.79 Å². The average molecular weight is 368 g/mol. The van der Waals surface area contributed by atoms with Crippen LogP contribution in [0.5, 0.6) is 0 Å². The van der Waals surface area contributed by atoms with Gasteiger partial charge in [0, 0.05) is 12.1 Å². The molecule has 3 aliphatic rings. The lowest BCUT2D eigenvalue weighted by Crippen LogP contribution is -2.50. The van der Waals surface area contributed by atoms with Crippen molar-refractivity contribution in [3.63, 3.8) is 0 Å². The molecule has 1 fully saturated rings. The third-order valence-electron chi connectivity index (χ3n) is 5.58. The number of likely N-dealkylation sites (tertiary alicyclic amines) is 1. The molecule has 0 N–H and O–H groups in total. The number of allylic oxidation sites excluding steroid dienone is 1. The summed E-state index contributed by atoms with van der Waals surface area (Å²) in [6, 6.07) is 10.3. The van der Waals surface area contributed by atoms with Gasteiger partial charge in [0.05, 0.1) is 5.54 Å². The smallest absolute Gasteiger partial charge is 0.411 e. The maximum absolute atomic E-state index is 12.9. The summed E-state index contributed by atoms with van der Waals surface area (Å²) in [4.78, 5) is 19.7. The molecule has 4 rings (SSSR count). The van der Waals surface area contributed by atoms with Crippen LogP contribution in [0.15, 0.2) is 47.0 Å². The monoisotopic (exact) mass is 368 g/mol. The van der Waals surface area contributed by atoms with Crippen LogP contribution >= 0.6 is 0 Å². The first-order valence-electron chi connectivity index (χ1n) is 9.86. The van der Waals surface area contributed by atoms with E-state index in [4.69, 9.17) is 14.5 Å². The van der Waals surface area contributed by atoms with Crippen LogP contribution in [-0.2, 0) is 9.47 Å². The summed E-state index contributed by atoms with van der Waals surface area (Å²) in [5.74, 6) is 0.705. The van der Waals surface area contributed by atoms with Gasteiger partial charge in [-0.1, -0.05) is 36.4 Å². The number of hydrogen-bond acceptors (Lipinski definition) is 4.